The fourth-order valence-electron chi connectivity index (χ4n) is 5.16. The number of rotatable bonds is 3. The highest BCUT2D eigenvalue weighted by Crippen LogP contribution is 2.46. The third kappa shape index (κ3) is 3.56. The number of aryl methyl sites for hydroxylation is 1. The minimum Gasteiger partial charge on any atom is -0.379 e. The van der Waals surface area contributed by atoms with Crippen LogP contribution in [0.4, 0.5) is 5.69 Å². The molecule has 0 radical (unpaired) electrons. The van der Waals surface area contributed by atoms with E-state index in [-0.39, 0.29) is 29.7 Å². The van der Waals surface area contributed by atoms with Crippen LogP contribution in [0.2, 0.25) is 0 Å². The Kier molecular flexibility index (Phi) is 3.02. The molecule has 1 aliphatic carbocycles. The van der Waals surface area contributed by atoms with Gasteiger partial charge < -0.3 is 14.6 Å². The number of ether oxygens (including phenoxy) is 1. The van der Waals surface area contributed by atoms with Crippen molar-refractivity contribution in [3.05, 3.63) is 63.8 Å². The van der Waals surface area contributed by atoms with Gasteiger partial charge in [-0.1, -0.05) is 26.8 Å². The Bertz CT molecular complexity index is 1940. The Balaban J connectivity index is 1.50. The minimum atomic E-state index is -3.73. The first-order valence-electron chi connectivity index (χ1n) is 18.8. The summed E-state index contributed by atoms with van der Waals surface area (Å²) in [5.41, 5.74) is 2.51. The second kappa shape index (κ2) is 8.76. The lowest BCUT2D eigenvalue weighted by molar-refractivity contribution is 0.0115. The van der Waals surface area contributed by atoms with Crippen LogP contribution in [-0.2, 0) is 16.6 Å². The lowest BCUT2D eigenvalue weighted by Gasteiger charge is -2.42. The highest BCUT2D eigenvalue weighted by molar-refractivity contribution is 6.20. The highest BCUT2D eigenvalue weighted by atomic mass is 16.5. The van der Waals surface area contributed by atoms with Gasteiger partial charge in [0.1, 0.15) is 0 Å². The zero-order valence-corrected chi connectivity index (χ0v) is 19.9. The number of hydrogen-bond acceptors (Lipinski definition) is 5. The van der Waals surface area contributed by atoms with Gasteiger partial charge in [-0.05, 0) is 54.6 Å². The van der Waals surface area contributed by atoms with Gasteiger partial charge in [-0.25, -0.2) is 0 Å². The van der Waals surface area contributed by atoms with Crippen LogP contribution in [0.25, 0.3) is 10.9 Å². The lowest BCUT2D eigenvalue weighted by Crippen LogP contribution is -2.49. The first-order chi connectivity index (χ1) is 22.7. The number of ketones is 1. The highest BCUT2D eigenvalue weighted by Gasteiger charge is 2.40. The molecule has 2 aliphatic heterocycles. The molecule has 2 saturated heterocycles. The lowest BCUT2D eigenvalue weighted by atomic mass is 9.70. The normalized spacial score (nSPS) is 35.2. The first-order valence-corrected chi connectivity index (χ1v) is 11.6. The van der Waals surface area contributed by atoms with E-state index >= 15 is 0 Å². The fourth-order valence-corrected chi connectivity index (χ4v) is 5.16. The predicted octanol–water partition coefficient (Wildman–Crippen LogP) is 4.77. The van der Waals surface area contributed by atoms with Gasteiger partial charge in [0.2, 0.25) is 0 Å². The number of carbonyl (C=O) groups is 1. The van der Waals surface area contributed by atoms with Gasteiger partial charge in [0.15, 0.2) is 5.78 Å². The molecule has 3 aromatic rings. The number of nitrogens with one attached hydrogen (secondary N) is 1. The number of hydrogen-bond donors (Lipinski definition) is 1. The molecule has 0 unspecified atom stereocenters. The molecular weight excluding hydrogens is 448 g/mol. The van der Waals surface area contributed by atoms with Crippen LogP contribution in [0.1, 0.15) is 91.0 Å². The molecule has 3 aliphatic rings. The molecule has 6 heteroatoms. The molecule has 0 bridgehead atoms. The number of aromatic nitrogens is 1. The minimum absolute atomic E-state index is 0.0616. The van der Waals surface area contributed by atoms with Crippen molar-refractivity contribution in [2.75, 3.05) is 44.1 Å². The van der Waals surface area contributed by atoms with E-state index in [2.05, 4.69) is 15.8 Å². The summed E-state index contributed by atoms with van der Waals surface area (Å²) in [6.07, 6.45) is -6.35. The number of carbonyl (C=O) groups excluding carboxylic acids is 1. The summed E-state index contributed by atoms with van der Waals surface area (Å²) in [7, 11) is 0. The average molecular weight is 497 g/mol. The average Bonchev–Trinajstić information content (AvgIpc) is 3.37. The van der Waals surface area contributed by atoms with E-state index in [0.717, 1.165) is 0 Å². The van der Waals surface area contributed by atoms with Crippen molar-refractivity contribution < 1.29 is 28.7 Å². The van der Waals surface area contributed by atoms with Crippen LogP contribution in [0, 0.1) is 11.3 Å². The Morgan fingerprint density at radius 1 is 1.25 bits per heavy atom. The molecule has 36 heavy (non-hydrogen) atoms. The quantitative estimate of drug-likeness (QED) is 0.565. The summed E-state index contributed by atoms with van der Waals surface area (Å²) in [4.78, 5) is 18.3. The van der Waals surface area contributed by atoms with Crippen LogP contribution in [0.5, 0.6) is 0 Å². The summed E-state index contributed by atoms with van der Waals surface area (Å²) >= 11 is 0. The molecule has 6 nitrogen and oxygen atoms in total. The van der Waals surface area contributed by atoms with E-state index in [9.17, 15) is 11.4 Å². The molecule has 2 aromatic carbocycles. The Morgan fingerprint density at radius 2 is 2.03 bits per heavy atom. The summed E-state index contributed by atoms with van der Waals surface area (Å²) in [5.74, 6) is -0.321. The third-order valence-corrected chi connectivity index (χ3v) is 7.04. The number of benzene rings is 2. The maximum Gasteiger partial charge on any atom is 0.195 e. The summed E-state index contributed by atoms with van der Waals surface area (Å²) in [6.45, 7) is -12.9. The number of piperidine rings is 1. The molecule has 0 atom stereocenters. The Morgan fingerprint density at radius 3 is 2.75 bits per heavy atom. The molecule has 0 amide bonds. The van der Waals surface area contributed by atoms with Gasteiger partial charge in [0.05, 0.1) is 35.8 Å². The zero-order valence-electron chi connectivity index (χ0n) is 33.9. The van der Waals surface area contributed by atoms with E-state index in [4.69, 9.17) is 17.8 Å². The summed E-state index contributed by atoms with van der Waals surface area (Å²) in [5, 5.41) is 10.0. The van der Waals surface area contributed by atoms with Crippen molar-refractivity contribution in [3.8, 4) is 6.07 Å². The van der Waals surface area contributed by atoms with Gasteiger partial charge in [-0.2, -0.15) is 5.26 Å². The predicted molar refractivity (Wildman–Crippen MR) is 142 cm³/mol. The van der Waals surface area contributed by atoms with Crippen molar-refractivity contribution in [2.24, 2.45) is 0 Å². The van der Waals surface area contributed by atoms with E-state index in [1.165, 1.54) is 4.90 Å². The number of nitrogens with zero attached hydrogens (tertiary/aromatic N) is 3. The summed E-state index contributed by atoms with van der Waals surface area (Å²) < 4.78 is 124. The number of morpholine rings is 1. The topological polar surface area (TPSA) is 72.4 Å². The maximum atomic E-state index is 14.1. The van der Waals surface area contributed by atoms with Crippen molar-refractivity contribution in [3.63, 3.8) is 0 Å². The summed E-state index contributed by atoms with van der Waals surface area (Å²) in [6, 6.07) is 6.67. The Labute approximate surface area is 232 Å². The van der Waals surface area contributed by atoms with E-state index < -0.39 is 63.4 Å². The van der Waals surface area contributed by atoms with Gasteiger partial charge in [-0.15, -0.1) is 0 Å². The molecule has 1 N–H and O–H groups in total. The second-order valence-corrected chi connectivity index (χ2v) is 9.40. The van der Waals surface area contributed by atoms with Crippen LogP contribution in [0.15, 0.2) is 30.3 Å². The number of fused-ring (bicyclic) bond motifs is 4. The van der Waals surface area contributed by atoms with Gasteiger partial charge in [0.25, 0.3) is 0 Å². The zero-order chi connectivity index (χ0) is 37.4. The smallest absolute Gasteiger partial charge is 0.195 e. The Hall–Kier alpha value is -3.14. The molecule has 0 saturated carbocycles. The SMILES string of the molecule is [2H]CCc1cc2c(cc1N1CC([2H])([2H])C([2H])(N3C([2H])([2H])C([2H])([2H])OC([2H])([2H])C3([2H])[2H])C([2H])([2H])C1)C(C)(C)c1[nH]c3cc(C#N)ccc3c1C2=O. The van der Waals surface area contributed by atoms with Crippen LogP contribution in [0.3, 0.4) is 0 Å². The van der Waals surface area contributed by atoms with Crippen LogP contribution >= 0.6 is 0 Å². The molecular formula is C30H34N4O2. The fraction of sp³-hybridized carbons (Fsp3) is 0.467. The molecule has 0 spiro atoms. The first kappa shape index (κ1) is 12.4. The maximum absolute atomic E-state index is 14.1. The van der Waals surface area contributed by atoms with Gasteiger partial charge >= 0.3 is 0 Å². The largest absolute Gasteiger partial charge is 0.379 e. The van der Waals surface area contributed by atoms with E-state index in [1.54, 1.807) is 30.3 Å². The van der Waals surface area contributed by atoms with Gasteiger partial charge in [-0.3, -0.25) is 9.69 Å². The number of H-pyrrole nitrogens is 1. The number of anilines is 1. The third-order valence-electron chi connectivity index (χ3n) is 7.04. The molecule has 186 valence electrons. The molecule has 1 aromatic heterocycles. The molecule has 2 fully saturated rings. The van der Waals surface area contributed by atoms with Crippen molar-refractivity contribution >= 4 is 22.4 Å². The van der Waals surface area contributed by atoms with Crippen molar-refractivity contribution in [2.45, 2.75) is 51.3 Å². The standard InChI is InChI=1S/C30H34N4O2/c1-4-20-16-23-24(17-26(20)34-9-7-21(8-10-34)33-11-13-36-14-12-33)30(2,3)29-27(28(23)35)22-6-5-19(18-31)15-25(22)32-29/h5-6,15-17,21,32H,4,7-14H2,1-3H3/i1D,7D2,8D2,11D2,12D2,13D2,14D2,21D. The van der Waals surface area contributed by atoms with Crippen LogP contribution in [-0.4, -0.2) is 60.9 Å². The monoisotopic (exact) mass is 496 g/mol. The van der Waals surface area contributed by atoms with Crippen molar-refractivity contribution in [1.82, 2.24) is 9.88 Å². The molecule has 6 rings (SSSR count). The van der Waals surface area contributed by atoms with Crippen LogP contribution < -0.4 is 4.90 Å². The number of aromatic amines is 1. The molecule has 3 heterocycles. The van der Waals surface area contributed by atoms with Crippen molar-refractivity contribution in [1.29, 1.82) is 5.26 Å². The number of nitriles is 1. The second-order valence-electron chi connectivity index (χ2n) is 9.40. The van der Waals surface area contributed by atoms with E-state index in [1.807, 2.05) is 13.8 Å². The van der Waals surface area contributed by atoms with E-state index in [0.29, 0.717) is 44.4 Å². The van der Waals surface area contributed by atoms with Gasteiger partial charge in [0, 0.05) is 79.1 Å².